The molecule has 2 aliphatic rings. The fourth-order valence-corrected chi connectivity index (χ4v) is 3.43. The van der Waals surface area contributed by atoms with E-state index in [1.165, 1.54) is 0 Å². The van der Waals surface area contributed by atoms with Crippen LogP contribution in [-0.4, -0.2) is 43.4 Å². The van der Waals surface area contributed by atoms with Gasteiger partial charge >= 0.3 is 0 Å². The van der Waals surface area contributed by atoms with Gasteiger partial charge in [-0.05, 0) is 18.2 Å². The summed E-state index contributed by atoms with van der Waals surface area (Å²) in [5, 5.41) is 0. The van der Waals surface area contributed by atoms with Gasteiger partial charge < -0.3 is 18.6 Å². The van der Waals surface area contributed by atoms with Crippen LogP contribution in [0, 0.1) is 0 Å². The molecule has 5 nitrogen and oxygen atoms in total. The second-order valence-electron chi connectivity index (χ2n) is 6.49. The van der Waals surface area contributed by atoms with E-state index in [1.807, 2.05) is 42.5 Å². The Morgan fingerprint density at radius 3 is 2.67 bits per heavy atom. The number of morpholine rings is 1. The summed E-state index contributed by atoms with van der Waals surface area (Å²) in [6, 6.07) is 13.6. The van der Waals surface area contributed by atoms with Crippen LogP contribution < -0.4 is 4.74 Å². The van der Waals surface area contributed by atoms with E-state index in [0.29, 0.717) is 5.95 Å². The molecule has 0 unspecified atom stereocenters. The zero-order valence-corrected chi connectivity index (χ0v) is 13.8. The number of ether oxygens (including phenoxy) is 3. The lowest BCUT2D eigenvalue weighted by Gasteiger charge is -2.44. The van der Waals surface area contributed by atoms with E-state index in [4.69, 9.17) is 18.6 Å². The summed E-state index contributed by atoms with van der Waals surface area (Å²) >= 11 is 0. The molecule has 2 saturated heterocycles. The zero-order chi connectivity index (χ0) is 16.2. The number of para-hydroxylation sites is 1. The van der Waals surface area contributed by atoms with Crippen molar-refractivity contribution in [1.29, 1.82) is 0 Å². The topological polar surface area (TPSA) is 44.1 Å². The minimum Gasteiger partial charge on any atom is -0.429 e. The molecule has 0 aliphatic carbocycles. The smallest absolute Gasteiger partial charge is 0.290 e. The molecule has 0 saturated carbocycles. The highest BCUT2D eigenvalue weighted by atomic mass is 16.6. The summed E-state index contributed by atoms with van der Waals surface area (Å²) in [5.74, 6) is 2.24. The Kier molecular flexibility index (Phi) is 4.56. The third-order valence-corrected chi connectivity index (χ3v) is 4.71. The van der Waals surface area contributed by atoms with Gasteiger partial charge in [-0.3, -0.25) is 4.90 Å². The van der Waals surface area contributed by atoms with Crippen molar-refractivity contribution >= 4 is 0 Å². The first-order valence-electron chi connectivity index (χ1n) is 8.57. The van der Waals surface area contributed by atoms with Gasteiger partial charge in [-0.1, -0.05) is 18.2 Å². The Bertz CT molecular complexity index is 643. The van der Waals surface area contributed by atoms with E-state index in [0.717, 1.165) is 63.8 Å². The average Bonchev–Trinajstić information content (AvgIpc) is 3.03. The molecule has 1 aromatic heterocycles. The fourth-order valence-electron chi connectivity index (χ4n) is 3.43. The van der Waals surface area contributed by atoms with Crippen LogP contribution in [0.5, 0.6) is 11.7 Å². The van der Waals surface area contributed by atoms with Crippen molar-refractivity contribution < 1.29 is 18.6 Å². The van der Waals surface area contributed by atoms with Crippen molar-refractivity contribution in [3.63, 3.8) is 0 Å². The van der Waals surface area contributed by atoms with Gasteiger partial charge in [0.2, 0.25) is 0 Å². The molecule has 0 atom stereocenters. The minimum atomic E-state index is -0.0353. The quantitative estimate of drug-likeness (QED) is 0.859. The van der Waals surface area contributed by atoms with E-state index in [-0.39, 0.29) is 5.60 Å². The molecule has 0 amide bonds. The van der Waals surface area contributed by atoms with Gasteiger partial charge in [-0.2, -0.15) is 0 Å². The SMILES string of the molecule is c1ccc(Oc2ccc(CN3CCOC4(CCOCC4)C3)o2)cc1. The maximum absolute atomic E-state index is 6.08. The standard InChI is InChI=1S/C19H23NO4/c1-2-4-16(5-3-1)23-18-7-6-17(24-18)14-20-10-13-22-19(15-20)8-11-21-12-9-19/h1-7H,8-15H2. The van der Waals surface area contributed by atoms with Crippen molar-refractivity contribution in [3.8, 4) is 11.7 Å². The molecular formula is C19H23NO4. The van der Waals surface area contributed by atoms with Crippen LogP contribution in [0.2, 0.25) is 0 Å². The van der Waals surface area contributed by atoms with Gasteiger partial charge in [-0.25, -0.2) is 0 Å². The maximum atomic E-state index is 6.08. The molecule has 1 aromatic carbocycles. The summed E-state index contributed by atoms with van der Waals surface area (Å²) in [7, 11) is 0. The van der Waals surface area contributed by atoms with Crippen LogP contribution in [0.15, 0.2) is 46.9 Å². The lowest BCUT2D eigenvalue weighted by atomic mass is 9.92. The highest BCUT2D eigenvalue weighted by molar-refractivity contribution is 5.26. The van der Waals surface area contributed by atoms with Crippen LogP contribution >= 0.6 is 0 Å². The van der Waals surface area contributed by atoms with E-state index in [9.17, 15) is 0 Å². The summed E-state index contributed by atoms with van der Waals surface area (Å²) in [6.45, 7) is 5.01. The molecule has 0 N–H and O–H groups in total. The molecule has 2 fully saturated rings. The van der Waals surface area contributed by atoms with Crippen LogP contribution in [0.4, 0.5) is 0 Å². The molecule has 2 aliphatic heterocycles. The number of nitrogens with zero attached hydrogens (tertiary/aromatic N) is 1. The molecule has 5 heteroatoms. The number of hydrogen-bond acceptors (Lipinski definition) is 5. The second kappa shape index (κ2) is 6.97. The van der Waals surface area contributed by atoms with E-state index >= 15 is 0 Å². The van der Waals surface area contributed by atoms with Gasteiger partial charge in [0.1, 0.15) is 11.5 Å². The van der Waals surface area contributed by atoms with Crippen LogP contribution in [-0.2, 0) is 16.0 Å². The minimum absolute atomic E-state index is 0.0353. The average molecular weight is 329 g/mol. The first kappa shape index (κ1) is 15.7. The van der Waals surface area contributed by atoms with Gasteiger partial charge in [0.15, 0.2) is 0 Å². The molecule has 0 bridgehead atoms. The Hall–Kier alpha value is -1.82. The monoisotopic (exact) mass is 329 g/mol. The Morgan fingerprint density at radius 1 is 1.00 bits per heavy atom. The second-order valence-corrected chi connectivity index (χ2v) is 6.49. The number of hydrogen-bond donors (Lipinski definition) is 0. The van der Waals surface area contributed by atoms with Crippen molar-refractivity contribution in [2.75, 3.05) is 32.9 Å². The molecular weight excluding hydrogens is 306 g/mol. The Labute approximate surface area is 142 Å². The van der Waals surface area contributed by atoms with Crippen LogP contribution in [0.1, 0.15) is 18.6 Å². The fraction of sp³-hybridized carbons (Fsp3) is 0.474. The predicted molar refractivity (Wildman–Crippen MR) is 89.2 cm³/mol. The van der Waals surface area contributed by atoms with Gasteiger partial charge in [0.05, 0.1) is 18.8 Å². The van der Waals surface area contributed by atoms with E-state index in [1.54, 1.807) is 0 Å². The van der Waals surface area contributed by atoms with Crippen molar-refractivity contribution in [2.24, 2.45) is 0 Å². The van der Waals surface area contributed by atoms with E-state index in [2.05, 4.69) is 4.90 Å². The summed E-state index contributed by atoms with van der Waals surface area (Å²) in [4.78, 5) is 2.40. The Morgan fingerprint density at radius 2 is 1.83 bits per heavy atom. The highest BCUT2D eigenvalue weighted by Crippen LogP contribution is 2.30. The molecule has 2 aromatic rings. The number of rotatable bonds is 4. The van der Waals surface area contributed by atoms with E-state index < -0.39 is 0 Å². The largest absolute Gasteiger partial charge is 0.429 e. The molecule has 0 radical (unpaired) electrons. The molecule has 3 heterocycles. The molecule has 1 spiro atoms. The predicted octanol–water partition coefficient (Wildman–Crippen LogP) is 3.45. The summed E-state index contributed by atoms with van der Waals surface area (Å²) in [6.07, 6.45) is 1.95. The third-order valence-electron chi connectivity index (χ3n) is 4.71. The third kappa shape index (κ3) is 3.64. The van der Waals surface area contributed by atoms with Crippen LogP contribution in [0.25, 0.3) is 0 Å². The zero-order valence-electron chi connectivity index (χ0n) is 13.8. The summed E-state index contributed by atoms with van der Waals surface area (Å²) in [5.41, 5.74) is -0.0353. The van der Waals surface area contributed by atoms with Crippen LogP contribution in [0.3, 0.4) is 0 Å². The maximum Gasteiger partial charge on any atom is 0.290 e. The Balaban J connectivity index is 1.37. The van der Waals surface area contributed by atoms with Crippen molar-refractivity contribution in [2.45, 2.75) is 25.0 Å². The normalized spacial score (nSPS) is 21.0. The van der Waals surface area contributed by atoms with Gasteiger partial charge in [0.25, 0.3) is 5.95 Å². The first-order chi connectivity index (χ1) is 11.8. The van der Waals surface area contributed by atoms with Crippen molar-refractivity contribution in [3.05, 3.63) is 48.2 Å². The number of furan rings is 1. The lowest BCUT2D eigenvalue weighted by Crippen LogP contribution is -2.53. The first-order valence-corrected chi connectivity index (χ1v) is 8.57. The molecule has 128 valence electrons. The summed E-state index contributed by atoms with van der Waals surface area (Å²) < 4.78 is 23.1. The molecule has 24 heavy (non-hydrogen) atoms. The molecule has 4 rings (SSSR count). The van der Waals surface area contributed by atoms with Gasteiger partial charge in [0, 0.05) is 45.2 Å². The number of benzene rings is 1. The van der Waals surface area contributed by atoms with Gasteiger partial charge in [-0.15, -0.1) is 0 Å². The van der Waals surface area contributed by atoms with Crippen molar-refractivity contribution in [1.82, 2.24) is 4.90 Å². The highest BCUT2D eigenvalue weighted by Gasteiger charge is 2.38. The lowest BCUT2D eigenvalue weighted by molar-refractivity contribution is -0.155.